The number of carbonyl (C=O) groups is 1. The van der Waals surface area contributed by atoms with Gasteiger partial charge in [-0.15, -0.1) is 0 Å². The number of carboxylic acid groups (broad SMARTS) is 1. The third-order valence-corrected chi connectivity index (χ3v) is 4.53. The number of hydrogen-bond donors (Lipinski definition) is 3. The Kier molecular flexibility index (Phi) is 1.81. The van der Waals surface area contributed by atoms with Gasteiger partial charge in [0.2, 0.25) is 0 Å². The first-order chi connectivity index (χ1) is 7.06. The van der Waals surface area contributed by atoms with E-state index in [0.717, 1.165) is 32.1 Å². The van der Waals surface area contributed by atoms with Gasteiger partial charge in [-0.25, -0.2) is 4.79 Å². The normalized spacial score (nSPS) is 51.8. The maximum Gasteiger partial charge on any atom is 0.404 e. The van der Waals surface area contributed by atoms with E-state index in [2.05, 4.69) is 5.32 Å². The minimum atomic E-state index is -0.917. The van der Waals surface area contributed by atoms with Crippen molar-refractivity contribution in [3.63, 3.8) is 0 Å². The number of amides is 1. The topological polar surface area (TPSA) is 69.6 Å². The molecule has 4 nitrogen and oxygen atoms in total. The third-order valence-electron chi connectivity index (χ3n) is 4.53. The molecule has 3 N–H and O–H groups in total. The molecule has 5 atom stereocenters. The highest BCUT2D eigenvalue weighted by atomic mass is 16.4. The fourth-order valence-corrected chi connectivity index (χ4v) is 4.36. The zero-order valence-corrected chi connectivity index (χ0v) is 8.65. The highest BCUT2D eigenvalue weighted by Crippen LogP contribution is 2.55. The molecule has 0 aromatic carbocycles. The summed E-state index contributed by atoms with van der Waals surface area (Å²) in [6.07, 6.45) is 3.82. The molecule has 0 aliphatic heterocycles. The van der Waals surface area contributed by atoms with Crippen molar-refractivity contribution in [1.29, 1.82) is 0 Å². The average molecular weight is 211 g/mol. The van der Waals surface area contributed by atoms with E-state index in [0.29, 0.717) is 17.8 Å². The highest BCUT2D eigenvalue weighted by molar-refractivity contribution is 5.65. The molecule has 1 amide bonds. The van der Waals surface area contributed by atoms with Crippen LogP contribution in [-0.4, -0.2) is 27.9 Å². The van der Waals surface area contributed by atoms with Crippen LogP contribution < -0.4 is 5.32 Å². The summed E-state index contributed by atoms with van der Waals surface area (Å²) < 4.78 is 0. The lowest BCUT2D eigenvalue weighted by atomic mass is 9.52. The van der Waals surface area contributed by atoms with E-state index in [1.165, 1.54) is 0 Å². The molecule has 0 radical (unpaired) electrons. The van der Waals surface area contributed by atoms with Crippen molar-refractivity contribution in [2.75, 3.05) is 0 Å². The lowest BCUT2D eigenvalue weighted by molar-refractivity contribution is -0.137. The summed E-state index contributed by atoms with van der Waals surface area (Å²) >= 11 is 0. The van der Waals surface area contributed by atoms with Gasteiger partial charge in [0.25, 0.3) is 0 Å². The Bertz CT molecular complexity index is 288. The van der Waals surface area contributed by atoms with Crippen molar-refractivity contribution in [2.45, 2.75) is 43.7 Å². The van der Waals surface area contributed by atoms with Crippen LogP contribution in [0.2, 0.25) is 0 Å². The molecule has 4 bridgehead atoms. The molecular weight excluding hydrogens is 194 g/mol. The van der Waals surface area contributed by atoms with Crippen LogP contribution in [0, 0.1) is 17.8 Å². The fraction of sp³-hybridized carbons (Fsp3) is 0.909. The van der Waals surface area contributed by atoms with Gasteiger partial charge in [-0.05, 0) is 49.9 Å². The molecule has 4 aliphatic rings. The molecule has 0 spiro atoms. The van der Waals surface area contributed by atoms with Crippen LogP contribution in [0.15, 0.2) is 0 Å². The largest absolute Gasteiger partial charge is 0.465 e. The fourth-order valence-electron chi connectivity index (χ4n) is 4.36. The highest BCUT2D eigenvalue weighted by Gasteiger charge is 2.54. The Morgan fingerprint density at radius 3 is 2.27 bits per heavy atom. The van der Waals surface area contributed by atoms with Crippen molar-refractivity contribution >= 4 is 6.09 Å². The second kappa shape index (κ2) is 2.88. The van der Waals surface area contributed by atoms with Crippen LogP contribution in [-0.2, 0) is 0 Å². The lowest BCUT2D eigenvalue weighted by Crippen LogP contribution is -2.61. The Morgan fingerprint density at radius 1 is 1.20 bits per heavy atom. The Hall–Kier alpha value is -0.770. The summed E-state index contributed by atoms with van der Waals surface area (Å²) in [6, 6.07) is 0.0966. The molecular formula is C11H17NO3. The van der Waals surface area contributed by atoms with Crippen LogP contribution in [0.25, 0.3) is 0 Å². The molecule has 4 fully saturated rings. The van der Waals surface area contributed by atoms with Gasteiger partial charge in [-0.2, -0.15) is 0 Å². The van der Waals surface area contributed by atoms with E-state index in [4.69, 9.17) is 5.11 Å². The van der Waals surface area contributed by atoms with Gasteiger partial charge in [-0.3, -0.25) is 0 Å². The molecule has 15 heavy (non-hydrogen) atoms. The van der Waals surface area contributed by atoms with E-state index in [-0.39, 0.29) is 6.04 Å². The Balaban J connectivity index is 1.82. The summed E-state index contributed by atoms with van der Waals surface area (Å²) in [5, 5.41) is 21.7. The molecule has 4 rings (SSSR count). The zero-order chi connectivity index (χ0) is 10.6. The summed E-state index contributed by atoms with van der Waals surface area (Å²) in [5.41, 5.74) is -0.465. The number of aliphatic hydroxyl groups is 1. The lowest BCUT2D eigenvalue weighted by Gasteiger charge is -2.57. The maximum atomic E-state index is 10.7. The first-order valence-corrected chi connectivity index (χ1v) is 5.78. The summed E-state index contributed by atoms with van der Waals surface area (Å²) in [5.74, 6) is 1.38. The summed E-state index contributed by atoms with van der Waals surface area (Å²) in [6.45, 7) is 0. The maximum absolute atomic E-state index is 10.7. The van der Waals surface area contributed by atoms with Crippen LogP contribution in [0.4, 0.5) is 4.79 Å². The van der Waals surface area contributed by atoms with Crippen molar-refractivity contribution in [3.8, 4) is 0 Å². The number of hydrogen-bond acceptors (Lipinski definition) is 2. The van der Waals surface area contributed by atoms with Crippen molar-refractivity contribution < 1.29 is 15.0 Å². The van der Waals surface area contributed by atoms with Crippen LogP contribution in [0.5, 0.6) is 0 Å². The minimum absolute atomic E-state index is 0.0966. The predicted molar refractivity (Wildman–Crippen MR) is 53.5 cm³/mol. The zero-order valence-electron chi connectivity index (χ0n) is 8.65. The summed E-state index contributed by atoms with van der Waals surface area (Å²) in [7, 11) is 0. The van der Waals surface area contributed by atoms with Gasteiger partial charge in [0.1, 0.15) is 0 Å². The van der Waals surface area contributed by atoms with Gasteiger partial charge >= 0.3 is 6.09 Å². The Morgan fingerprint density at radius 2 is 1.80 bits per heavy atom. The van der Waals surface area contributed by atoms with Crippen molar-refractivity contribution in [3.05, 3.63) is 0 Å². The molecule has 0 saturated heterocycles. The van der Waals surface area contributed by atoms with Crippen LogP contribution in [0.1, 0.15) is 32.1 Å². The van der Waals surface area contributed by atoms with Crippen LogP contribution in [0.3, 0.4) is 0 Å². The smallest absolute Gasteiger partial charge is 0.404 e. The van der Waals surface area contributed by atoms with Gasteiger partial charge in [-0.1, -0.05) is 0 Å². The Labute approximate surface area is 88.7 Å². The van der Waals surface area contributed by atoms with Gasteiger partial charge in [0, 0.05) is 6.04 Å². The van der Waals surface area contributed by atoms with Gasteiger partial charge in [0.05, 0.1) is 5.60 Å². The quantitative estimate of drug-likeness (QED) is 0.610. The molecule has 4 saturated carbocycles. The standard InChI is InChI=1S/C11H17NO3/c13-10(14)12-9-7-1-6-2-8(9)5-11(15,3-6)4-7/h6-9,12,15H,1-5H2,(H,13,14)/t6-,7-,8+,9-,11-. The predicted octanol–water partition coefficient (Wildman–Crippen LogP) is 1.19. The molecule has 0 aromatic heterocycles. The van der Waals surface area contributed by atoms with E-state index < -0.39 is 11.7 Å². The van der Waals surface area contributed by atoms with Crippen LogP contribution >= 0.6 is 0 Å². The minimum Gasteiger partial charge on any atom is -0.465 e. The van der Waals surface area contributed by atoms with E-state index in [1.807, 2.05) is 0 Å². The molecule has 0 heterocycles. The van der Waals surface area contributed by atoms with E-state index in [1.54, 1.807) is 0 Å². The van der Waals surface area contributed by atoms with Crippen molar-refractivity contribution in [2.24, 2.45) is 17.8 Å². The molecule has 0 aromatic rings. The molecule has 84 valence electrons. The van der Waals surface area contributed by atoms with E-state index >= 15 is 0 Å². The molecule has 4 heteroatoms. The molecule has 0 unspecified atom stereocenters. The van der Waals surface area contributed by atoms with E-state index in [9.17, 15) is 9.90 Å². The van der Waals surface area contributed by atoms with Gasteiger partial charge < -0.3 is 15.5 Å². The third kappa shape index (κ3) is 1.42. The monoisotopic (exact) mass is 211 g/mol. The number of nitrogens with one attached hydrogen (secondary N) is 1. The second-order valence-electron chi connectivity index (χ2n) is 5.67. The number of rotatable bonds is 1. The molecule has 4 aliphatic carbocycles. The van der Waals surface area contributed by atoms with Gasteiger partial charge in [0.15, 0.2) is 0 Å². The SMILES string of the molecule is O=C(O)N[C@@H]1[C@@H]2C[C@@H]3C[C@H]1C[C@@](O)(C3)C2. The van der Waals surface area contributed by atoms with Crippen molar-refractivity contribution in [1.82, 2.24) is 5.32 Å². The second-order valence-corrected chi connectivity index (χ2v) is 5.67. The first kappa shape index (κ1) is 9.46. The average Bonchev–Trinajstić information content (AvgIpc) is 2.08. The summed E-state index contributed by atoms with van der Waals surface area (Å²) in [4.78, 5) is 10.7. The first-order valence-electron chi connectivity index (χ1n) is 5.78.